The van der Waals surface area contributed by atoms with E-state index in [1.165, 1.54) is 0 Å². The molecule has 0 saturated heterocycles. The molecule has 0 rings (SSSR count). The summed E-state index contributed by atoms with van der Waals surface area (Å²) in [5.41, 5.74) is 0. The van der Waals surface area contributed by atoms with E-state index < -0.39 is 0 Å². The molecule has 2 atom stereocenters. The third kappa shape index (κ3) is 4.57. The molecule has 0 aromatic carbocycles. The van der Waals surface area contributed by atoms with Gasteiger partial charge in [-0.2, -0.15) is 0 Å². The van der Waals surface area contributed by atoms with Gasteiger partial charge in [0.25, 0.3) is 0 Å². The third-order valence-corrected chi connectivity index (χ3v) is 1.83. The van der Waals surface area contributed by atoms with Crippen LogP contribution < -0.4 is 0 Å². The second-order valence-corrected chi connectivity index (χ2v) is 3.08. The van der Waals surface area contributed by atoms with Gasteiger partial charge in [-0.3, -0.25) is 0 Å². The van der Waals surface area contributed by atoms with Crippen LogP contribution in [0.1, 0.15) is 26.7 Å². The highest BCUT2D eigenvalue weighted by molar-refractivity contribution is 4.75. The third-order valence-electron chi connectivity index (χ3n) is 1.83. The second kappa shape index (κ2) is 5.48. The van der Waals surface area contributed by atoms with Crippen molar-refractivity contribution < 1.29 is 5.11 Å². The van der Waals surface area contributed by atoms with Crippen molar-refractivity contribution in [1.29, 1.82) is 0 Å². The van der Waals surface area contributed by atoms with Crippen molar-refractivity contribution >= 4 is 0 Å². The van der Waals surface area contributed by atoms with Crippen molar-refractivity contribution in [2.24, 2.45) is 11.8 Å². The van der Waals surface area contributed by atoms with Crippen LogP contribution in [0.5, 0.6) is 0 Å². The zero-order valence-corrected chi connectivity index (χ0v) is 7.01. The van der Waals surface area contributed by atoms with E-state index in [2.05, 4.69) is 20.4 Å². The van der Waals surface area contributed by atoms with Gasteiger partial charge >= 0.3 is 0 Å². The average molecular weight is 142 g/mol. The molecule has 0 bridgehead atoms. The number of aliphatic hydroxyl groups excluding tert-OH is 1. The predicted molar refractivity (Wildman–Crippen MR) is 44.8 cm³/mol. The zero-order chi connectivity index (χ0) is 7.98. The molecule has 0 aliphatic carbocycles. The number of allylic oxidation sites excluding steroid dienone is 1. The zero-order valence-electron chi connectivity index (χ0n) is 7.01. The van der Waals surface area contributed by atoms with Crippen LogP contribution >= 0.6 is 0 Å². The lowest BCUT2D eigenvalue weighted by Crippen LogP contribution is -2.02. The van der Waals surface area contributed by atoms with Crippen LogP contribution in [0, 0.1) is 11.8 Å². The van der Waals surface area contributed by atoms with Gasteiger partial charge in [0.05, 0.1) is 0 Å². The molecule has 0 saturated carbocycles. The van der Waals surface area contributed by atoms with E-state index in [1.807, 2.05) is 6.08 Å². The molecule has 2 unspecified atom stereocenters. The Balaban J connectivity index is 3.25. The SMILES string of the molecule is C=CC(C)CCC(C)CO. The largest absolute Gasteiger partial charge is 0.396 e. The van der Waals surface area contributed by atoms with Crippen LogP contribution in [0.4, 0.5) is 0 Å². The minimum absolute atomic E-state index is 0.309. The summed E-state index contributed by atoms with van der Waals surface area (Å²) in [6.45, 7) is 8.23. The summed E-state index contributed by atoms with van der Waals surface area (Å²) in [5, 5.41) is 8.69. The van der Waals surface area contributed by atoms with E-state index >= 15 is 0 Å². The van der Waals surface area contributed by atoms with E-state index in [0.29, 0.717) is 18.4 Å². The lowest BCUT2D eigenvalue weighted by atomic mass is 9.99. The lowest BCUT2D eigenvalue weighted by Gasteiger charge is -2.09. The van der Waals surface area contributed by atoms with Crippen molar-refractivity contribution in [3.8, 4) is 0 Å². The lowest BCUT2D eigenvalue weighted by molar-refractivity contribution is 0.225. The maximum Gasteiger partial charge on any atom is 0.0456 e. The van der Waals surface area contributed by atoms with Crippen LogP contribution in [0.15, 0.2) is 12.7 Å². The molecular formula is C9H18O. The van der Waals surface area contributed by atoms with Gasteiger partial charge in [-0.15, -0.1) is 6.58 Å². The minimum Gasteiger partial charge on any atom is -0.396 e. The molecule has 0 spiro atoms. The van der Waals surface area contributed by atoms with Gasteiger partial charge in [-0.1, -0.05) is 19.9 Å². The molecule has 60 valence electrons. The van der Waals surface area contributed by atoms with Crippen molar-refractivity contribution in [3.63, 3.8) is 0 Å². The van der Waals surface area contributed by atoms with Crippen LogP contribution in [-0.4, -0.2) is 11.7 Å². The quantitative estimate of drug-likeness (QED) is 0.583. The summed E-state index contributed by atoms with van der Waals surface area (Å²) in [5.74, 6) is 1.04. The van der Waals surface area contributed by atoms with Crippen LogP contribution in [0.25, 0.3) is 0 Å². The Kier molecular flexibility index (Phi) is 5.32. The molecule has 1 N–H and O–H groups in total. The van der Waals surface area contributed by atoms with Gasteiger partial charge in [0.1, 0.15) is 0 Å². The first-order valence-corrected chi connectivity index (χ1v) is 3.94. The van der Waals surface area contributed by atoms with Crippen molar-refractivity contribution in [2.45, 2.75) is 26.7 Å². The van der Waals surface area contributed by atoms with Gasteiger partial charge in [-0.05, 0) is 24.7 Å². The topological polar surface area (TPSA) is 20.2 Å². The maximum atomic E-state index is 8.69. The predicted octanol–water partition coefficient (Wildman–Crippen LogP) is 2.22. The summed E-state index contributed by atoms with van der Waals surface area (Å²) in [4.78, 5) is 0. The van der Waals surface area contributed by atoms with Crippen molar-refractivity contribution in [1.82, 2.24) is 0 Å². The second-order valence-electron chi connectivity index (χ2n) is 3.08. The summed E-state index contributed by atoms with van der Waals surface area (Å²) >= 11 is 0. The number of hydrogen-bond donors (Lipinski definition) is 1. The summed E-state index contributed by atoms with van der Waals surface area (Å²) in [6.07, 6.45) is 4.21. The molecule has 0 fully saturated rings. The average Bonchev–Trinajstić information content (AvgIpc) is 1.99. The van der Waals surface area contributed by atoms with Gasteiger partial charge < -0.3 is 5.11 Å². The first-order valence-electron chi connectivity index (χ1n) is 3.94. The number of rotatable bonds is 5. The summed E-state index contributed by atoms with van der Waals surface area (Å²) in [7, 11) is 0. The standard InChI is InChI=1S/C9H18O/c1-4-8(2)5-6-9(3)7-10/h4,8-10H,1,5-7H2,2-3H3. The van der Waals surface area contributed by atoms with Gasteiger partial charge in [-0.25, -0.2) is 0 Å². The van der Waals surface area contributed by atoms with Gasteiger partial charge in [0.15, 0.2) is 0 Å². The number of hydrogen-bond acceptors (Lipinski definition) is 1. The van der Waals surface area contributed by atoms with E-state index in [0.717, 1.165) is 12.8 Å². The van der Waals surface area contributed by atoms with E-state index in [9.17, 15) is 0 Å². The summed E-state index contributed by atoms with van der Waals surface area (Å²) in [6, 6.07) is 0. The fourth-order valence-electron chi connectivity index (χ4n) is 0.757. The Morgan fingerprint density at radius 3 is 2.40 bits per heavy atom. The smallest absolute Gasteiger partial charge is 0.0456 e. The fourth-order valence-corrected chi connectivity index (χ4v) is 0.757. The van der Waals surface area contributed by atoms with Crippen LogP contribution in [0.2, 0.25) is 0 Å². The normalized spacial score (nSPS) is 16.3. The van der Waals surface area contributed by atoms with Crippen molar-refractivity contribution in [3.05, 3.63) is 12.7 Å². The first kappa shape index (κ1) is 9.70. The maximum absolute atomic E-state index is 8.69. The molecule has 0 aromatic rings. The van der Waals surface area contributed by atoms with Crippen LogP contribution in [-0.2, 0) is 0 Å². The Morgan fingerprint density at radius 1 is 1.40 bits per heavy atom. The molecule has 0 aliphatic rings. The Morgan fingerprint density at radius 2 is 2.00 bits per heavy atom. The molecule has 1 heteroatoms. The molecule has 0 radical (unpaired) electrons. The summed E-state index contributed by atoms with van der Waals surface area (Å²) < 4.78 is 0. The number of aliphatic hydroxyl groups is 1. The highest BCUT2D eigenvalue weighted by atomic mass is 16.3. The highest BCUT2D eigenvalue weighted by Gasteiger charge is 2.01. The monoisotopic (exact) mass is 142 g/mol. The van der Waals surface area contributed by atoms with Crippen LogP contribution in [0.3, 0.4) is 0 Å². The van der Waals surface area contributed by atoms with E-state index in [-0.39, 0.29) is 0 Å². The fraction of sp³-hybridized carbons (Fsp3) is 0.778. The van der Waals surface area contributed by atoms with Crippen molar-refractivity contribution in [2.75, 3.05) is 6.61 Å². The molecule has 1 nitrogen and oxygen atoms in total. The van der Waals surface area contributed by atoms with E-state index in [4.69, 9.17) is 5.11 Å². The van der Waals surface area contributed by atoms with E-state index in [1.54, 1.807) is 0 Å². The minimum atomic E-state index is 0.309. The first-order chi connectivity index (χ1) is 4.70. The van der Waals surface area contributed by atoms with Gasteiger partial charge in [0.2, 0.25) is 0 Å². The molecule has 10 heavy (non-hydrogen) atoms. The highest BCUT2D eigenvalue weighted by Crippen LogP contribution is 2.11. The van der Waals surface area contributed by atoms with Gasteiger partial charge in [0, 0.05) is 6.61 Å². The molecule has 0 heterocycles. The molecule has 0 aromatic heterocycles. The molecule has 0 aliphatic heterocycles. The Labute approximate surface area is 63.8 Å². The molecule has 0 amide bonds. The Hall–Kier alpha value is -0.300. The Bertz CT molecular complexity index is 88.7. The molecular weight excluding hydrogens is 124 g/mol.